The zero-order valence-corrected chi connectivity index (χ0v) is 8.29. The minimum Gasteiger partial charge on any atom is -0.359 e. The summed E-state index contributed by atoms with van der Waals surface area (Å²) in [7, 11) is 0. The van der Waals surface area contributed by atoms with Gasteiger partial charge < -0.3 is 10.3 Å². The maximum Gasteiger partial charge on any atom is 0.270 e. The van der Waals surface area contributed by atoms with Gasteiger partial charge in [-0.25, -0.2) is 0 Å². The Labute approximate surface area is 90.8 Å². The molecule has 0 amide bonds. The SMILES string of the molecule is NCc1cc(-c2cccc([N+](=O)[O-])c2)no1. The van der Waals surface area contributed by atoms with Crippen molar-refractivity contribution < 1.29 is 9.45 Å². The van der Waals surface area contributed by atoms with E-state index < -0.39 is 4.92 Å². The average Bonchev–Trinajstić information content (AvgIpc) is 2.77. The number of nitro groups is 1. The lowest BCUT2D eigenvalue weighted by Crippen LogP contribution is -1.92. The Morgan fingerprint density at radius 2 is 2.25 bits per heavy atom. The van der Waals surface area contributed by atoms with Gasteiger partial charge in [0, 0.05) is 23.8 Å². The quantitative estimate of drug-likeness (QED) is 0.626. The lowest BCUT2D eigenvalue weighted by Gasteiger charge is -1.94. The van der Waals surface area contributed by atoms with Crippen LogP contribution in [0.25, 0.3) is 11.3 Å². The molecule has 2 N–H and O–H groups in total. The lowest BCUT2D eigenvalue weighted by molar-refractivity contribution is -0.384. The Balaban J connectivity index is 2.40. The summed E-state index contributed by atoms with van der Waals surface area (Å²) in [6, 6.07) is 7.86. The summed E-state index contributed by atoms with van der Waals surface area (Å²) in [6.07, 6.45) is 0. The van der Waals surface area contributed by atoms with E-state index in [4.69, 9.17) is 10.3 Å². The summed E-state index contributed by atoms with van der Waals surface area (Å²) in [5.74, 6) is 0.543. The van der Waals surface area contributed by atoms with Gasteiger partial charge in [0.25, 0.3) is 5.69 Å². The third-order valence-electron chi connectivity index (χ3n) is 2.11. The average molecular weight is 219 g/mol. The van der Waals surface area contributed by atoms with Gasteiger partial charge in [-0.3, -0.25) is 10.1 Å². The highest BCUT2D eigenvalue weighted by Crippen LogP contribution is 2.23. The van der Waals surface area contributed by atoms with Gasteiger partial charge in [0.05, 0.1) is 11.5 Å². The normalized spacial score (nSPS) is 10.3. The second kappa shape index (κ2) is 4.11. The first-order valence-corrected chi connectivity index (χ1v) is 4.61. The van der Waals surface area contributed by atoms with Crippen LogP contribution in [0.4, 0.5) is 5.69 Å². The van der Waals surface area contributed by atoms with Gasteiger partial charge in [0.2, 0.25) is 0 Å². The molecule has 1 aromatic heterocycles. The van der Waals surface area contributed by atoms with E-state index >= 15 is 0 Å². The van der Waals surface area contributed by atoms with Crippen LogP contribution in [0.3, 0.4) is 0 Å². The predicted octanol–water partition coefficient (Wildman–Crippen LogP) is 1.71. The fourth-order valence-electron chi connectivity index (χ4n) is 1.32. The van der Waals surface area contributed by atoms with Crippen molar-refractivity contribution >= 4 is 5.69 Å². The molecular weight excluding hydrogens is 210 g/mol. The molecule has 0 atom stereocenters. The third kappa shape index (κ3) is 1.91. The van der Waals surface area contributed by atoms with Crippen LogP contribution in [0, 0.1) is 10.1 Å². The molecule has 0 aliphatic heterocycles. The fourth-order valence-corrected chi connectivity index (χ4v) is 1.32. The molecule has 82 valence electrons. The van der Waals surface area contributed by atoms with E-state index in [2.05, 4.69) is 5.16 Å². The van der Waals surface area contributed by atoms with Crippen molar-refractivity contribution in [1.82, 2.24) is 5.16 Å². The van der Waals surface area contributed by atoms with Crippen LogP contribution in [0.5, 0.6) is 0 Å². The molecule has 0 unspecified atom stereocenters. The number of hydrogen-bond donors (Lipinski definition) is 1. The Bertz CT molecular complexity index is 522. The van der Waals surface area contributed by atoms with E-state index in [0.29, 0.717) is 17.0 Å². The number of benzene rings is 1. The molecule has 0 bridgehead atoms. The highest BCUT2D eigenvalue weighted by atomic mass is 16.6. The van der Waals surface area contributed by atoms with Crippen molar-refractivity contribution in [1.29, 1.82) is 0 Å². The molecule has 0 saturated carbocycles. The molecule has 16 heavy (non-hydrogen) atoms. The third-order valence-corrected chi connectivity index (χ3v) is 2.11. The molecular formula is C10H9N3O3. The van der Waals surface area contributed by atoms with Gasteiger partial charge >= 0.3 is 0 Å². The van der Waals surface area contributed by atoms with Gasteiger partial charge in [-0.15, -0.1) is 0 Å². The van der Waals surface area contributed by atoms with Crippen molar-refractivity contribution in [3.63, 3.8) is 0 Å². The van der Waals surface area contributed by atoms with Crippen molar-refractivity contribution in [2.75, 3.05) is 0 Å². The molecule has 0 saturated heterocycles. The van der Waals surface area contributed by atoms with Crippen molar-refractivity contribution in [3.05, 3.63) is 46.2 Å². The zero-order chi connectivity index (χ0) is 11.5. The number of nitrogens with two attached hydrogens (primary N) is 1. The molecule has 0 aliphatic carbocycles. The summed E-state index contributed by atoms with van der Waals surface area (Å²) < 4.78 is 4.92. The maximum atomic E-state index is 10.6. The van der Waals surface area contributed by atoms with Crippen LogP contribution in [0.15, 0.2) is 34.9 Å². The lowest BCUT2D eigenvalue weighted by atomic mass is 10.1. The topological polar surface area (TPSA) is 95.2 Å². The summed E-state index contributed by atoms with van der Waals surface area (Å²) in [5, 5.41) is 14.4. The number of rotatable bonds is 3. The molecule has 0 spiro atoms. The van der Waals surface area contributed by atoms with Crippen LogP contribution in [-0.2, 0) is 6.54 Å². The summed E-state index contributed by atoms with van der Waals surface area (Å²) in [4.78, 5) is 10.1. The summed E-state index contributed by atoms with van der Waals surface area (Å²) >= 11 is 0. The molecule has 0 radical (unpaired) electrons. The molecule has 1 heterocycles. The second-order valence-electron chi connectivity index (χ2n) is 3.19. The van der Waals surface area contributed by atoms with Gasteiger partial charge in [-0.1, -0.05) is 17.3 Å². The molecule has 0 fully saturated rings. The maximum absolute atomic E-state index is 10.6. The van der Waals surface area contributed by atoms with Crippen molar-refractivity contribution in [2.45, 2.75) is 6.54 Å². The number of aromatic nitrogens is 1. The van der Waals surface area contributed by atoms with E-state index in [0.717, 1.165) is 0 Å². The second-order valence-corrected chi connectivity index (χ2v) is 3.19. The Morgan fingerprint density at radius 1 is 1.44 bits per heavy atom. The molecule has 2 aromatic rings. The van der Waals surface area contributed by atoms with Crippen LogP contribution < -0.4 is 5.73 Å². The van der Waals surface area contributed by atoms with E-state index in [-0.39, 0.29) is 12.2 Å². The number of hydrogen-bond acceptors (Lipinski definition) is 5. The fraction of sp³-hybridized carbons (Fsp3) is 0.100. The van der Waals surface area contributed by atoms with E-state index in [1.807, 2.05) is 0 Å². The minimum absolute atomic E-state index is 0.0230. The number of nitro benzene ring substituents is 1. The Kier molecular flexibility index (Phi) is 2.65. The molecule has 6 nitrogen and oxygen atoms in total. The van der Waals surface area contributed by atoms with Crippen molar-refractivity contribution in [3.8, 4) is 11.3 Å². The van der Waals surface area contributed by atoms with Crippen LogP contribution in [0.1, 0.15) is 5.76 Å². The van der Waals surface area contributed by atoms with Gasteiger partial charge in [0.1, 0.15) is 5.69 Å². The van der Waals surface area contributed by atoms with E-state index in [1.54, 1.807) is 18.2 Å². The standard InChI is InChI=1S/C10H9N3O3/c11-6-9-5-10(12-16-9)7-2-1-3-8(4-7)13(14)15/h1-5H,6,11H2. The van der Waals surface area contributed by atoms with Gasteiger partial charge in [0.15, 0.2) is 5.76 Å². The zero-order valence-electron chi connectivity index (χ0n) is 8.29. The molecule has 1 aromatic carbocycles. The Morgan fingerprint density at radius 3 is 2.88 bits per heavy atom. The van der Waals surface area contributed by atoms with E-state index in [1.165, 1.54) is 12.1 Å². The van der Waals surface area contributed by atoms with Crippen LogP contribution >= 0.6 is 0 Å². The van der Waals surface area contributed by atoms with E-state index in [9.17, 15) is 10.1 Å². The summed E-state index contributed by atoms with van der Waals surface area (Å²) in [5.41, 5.74) is 6.58. The van der Waals surface area contributed by atoms with Crippen molar-refractivity contribution in [2.24, 2.45) is 5.73 Å². The number of nitrogens with zero attached hydrogens (tertiary/aromatic N) is 2. The number of non-ortho nitro benzene ring substituents is 1. The highest BCUT2D eigenvalue weighted by molar-refractivity contribution is 5.62. The smallest absolute Gasteiger partial charge is 0.270 e. The predicted molar refractivity (Wildman–Crippen MR) is 56.5 cm³/mol. The minimum atomic E-state index is -0.451. The molecule has 0 aliphatic rings. The first-order valence-electron chi connectivity index (χ1n) is 4.61. The van der Waals surface area contributed by atoms with Gasteiger partial charge in [-0.2, -0.15) is 0 Å². The van der Waals surface area contributed by atoms with Crippen LogP contribution in [-0.4, -0.2) is 10.1 Å². The van der Waals surface area contributed by atoms with Gasteiger partial charge in [-0.05, 0) is 0 Å². The highest BCUT2D eigenvalue weighted by Gasteiger charge is 2.10. The molecule has 2 rings (SSSR count). The summed E-state index contributed by atoms with van der Waals surface area (Å²) in [6.45, 7) is 0.252. The largest absolute Gasteiger partial charge is 0.359 e. The first-order chi connectivity index (χ1) is 7.70. The monoisotopic (exact) mass is 219 g/mol. The van der Waals surface area contributed by atoms with Crippen LogP contribution in [0.2, 0.25) is 0 Å². The first kappa shape index (κ1) is 10.3. The Hall–Kier alpha value is -2.21. The molecule has 6 heteroatoms.